The standard InChI is InChI=1S/4C9H7N3O2.Os/c4*13-9(14)8-6(5-11-12-8)7-3-1-2-4-10-7;/h4*1-5H,(H,11,12)(H,13,14);. The van der Waals surface area contributed by atoms with Crippen molar-refractivity contribution >= 4 is 23.9 Å². The molecular formula is C36H28N12O8Os. The molecule has 8 rings (SSSR count). The summed E-state index contributed by atoms with van der Waals surface area (Å²) in [7, 11) is 0. The Hall–Kier alpha value is -8.04. The molecule has 0 bridgehead atoms. The van der Waals surface area contributed by atoms with Crippen molar-refractivity contribution in [2.75, 3.05) is 0 Å². The summed E-state index contributed by atoms with van der Waals surface area (Å²) in [5.74, 6) is -4.15. The Labute approximate surface area is 333 Å². The second-order valence-corrected chi connectivity index (χ2v) is 10.7. The molecule has 8 heterocycles. The topological polar surface area (TPSA) is 315 Å². The molecule has 0 aliphatic rings. The van der Waals surface area contributed by atoms with Crippen LogP contribution in [0.2, 0.25) is 0 Å². The van der Waals surface area contributed by atoms with Crippen LogP contribution in [0.1, 0.15) is 42.0 Å². The Balaban J connectivity index is 0.000000167. The van der Waals surface area contributed by atoms with Gasteiger partial charge in [0.2, 0.25) is 0 Å². The summed E-state index contributed by atoms with van der Waals surface area (Å²) in [6, 6.07) is 21.2. The molecule has 0 atom stereocenters. The van der Waals surface area contributed by atoms with E-state index < -0.39 is 23.9 Å². The van der Waals surface area contributed by atoms with Crippen LogP contribution in [0.15, 0.2) is 122 Å². The Morgan fingerprint density at radius 2 is 0.579 bits per heavy atom. The monoisotopic (exact) mass is 948 g/mol. The van der Waals surface area contributed by atoms with Crippen LogP contribution < -0.4 is 0 Å². The van der Waals surface area contributed by atoms with Crippen LogP contribution in [0.25, 0.3) is 45.0 Å². The summed E-state index contributed by atoms with van der Waals surface area (Å²) in [6.07, 6.45) is 12.2. The van der Waals surface area contributed by atoms with E-state index in [1.165, 1.54) is 24.8 Å². The number of carboxylic acid groups (broad SMARTS) is 4. The molecule has 0 fully saturated rings. The fourth-order valence-electron chi connectivity index (χ4n) is 4.66. The number of nitrogens with zero attached hydrogens (tertiary/aromatic N) is 8. The zero-order valence-electron chi connectivity index (χ0n) is 28.9. The van der Waals surface area contributed by atoms with Gasteiger partial charge >= 0.3 is 23.9 Å². The number of aromatic carboxylic acids is 4. The molecule has 0 aromatic carbocycles. The number of hydrogen-bond donors (Lipinski definition) is 8. The van der Waals surface area contributed by atoms with Crippen molar-refractivity contribution in [1.29, 1.82) is 0 Å². The van der Waals surface area contributed by atoms with Crippen LogP contribution in [0.5, 0.6) is 0 Å². The first-order chi connectivity index (χ1) is 27.2. The number of carbonyl (C=O) groups is 4. The molecule has 0 aliphatic heterocycles. The van der Waals surface area contributed by atoms with Gasteiger partial charge < -0.3 is 20.4 Å². The Morgan fingerprint density at radius 1 is 0.368 bits per heavy atom. The SMILES string of the molecule is O=C(O)c1[nH]ncc1-c1ccccn1.O=C(O)c1[nH]ncc1-c1ccccn1.O=C(O)c1[nH]ncc1-c1ccccn1.O=C(O)c1[nH]ncc1-c1ccccn1.[Os]. The molecule has 57 heavy (non-hydrogen) atoms. The van der Waals surface area contributed by atoms with Crippen molar-refractivity contribution in [2.45, 2.75) is 0 Å². The predicted molar refractivity (Wildman–Crippen MR) is 195 cm³/mol. The van der Waals surface area contributed by atoms with E-state index in [9.17, 15) is 19.2 Å². The smallest absolute Gasteiger partial charge is 0.354 e. The normalized spacial score (nSPS) is 9.82. The molecule has 0 spiro atoms. The largest absolute Gasteiger partial charge is 0.477 e. The predicted octanol–water partition coefficient (Wildman–Crippen LogP) is 4.68. The molecule has 8 aromatic rings. The minimum Gasteiger partial charge on any atom is -0.477 e. The first kappa shape index (κ1) is 41.7. The molecular weight excluding hydrogens is 919 g/mol. The van der Waals surface area contributed by atoms with Gasteiger partial charge in [-0.15, -0.1) is 0 Å². The van der Waals surface area contributed by atoms with Gasteiger partial charge in [0.1, 0.15) is 0 Å². The minimum absolute atomic E-state index is 0. The Kier molecular flexibility index (Phi) is 14.9. The van der Waals surface area contributed by atoms with Gasteiger partial charge in [0.15, 0.2) is 22.8 Å². The van der Waals surface area contributed by atoms with E-state index in [2.05, 4.69) is 60.7 Å². The van der Waals surface area contributed by atoms with Gasteiger partial charge in [-0.25, -0.2) is 19.2 Å². The second kappa shape index (κ2) is 20.4. The third-order valence-electron chi connectivity index (χ3n) is 7.18. The summed E-state index contributed by atoms with van der Waals surface area (Å²) in [5.41, 5.74) is 4.61. The van der Waals surface area contributed by atoms with E-state index in [1.807, 2.05) is 0 Å². The van der Waals surface area contributed by atoms with Gasteiger partial charge in [-0.05, 0) is 48.5 Å². The number of rotatable bonds is 8. The molecule has 0 aliphatic carbocycles. The van der Waals surface area contributed by atoms with Crippen LogP contribution in [0, 0.1) is 0 Å². The maximum Gasteiger partial charge on any atom is 0.354 e. The van der Waals surface area contributed by atoms with Crippen LogP contribution in [-0.4, -0.2) is 105 Å². The van der Waals surface area contributed by atoms with E-state index in [-0.39, 0.29) is 42.6 Å². The van der Waals surface area contributed by atoms with Crippen LogP contribution in [-0.2, 0) is 19.8 Å². The van der Waals surface area contributed by atoms with E-state index in [0.717, 1.165) is 0 Å². The molecule has 0 saturated heterocycles. The Morgan fingerprint density at radius 3 is 0.737 bits per heavy atom. The van der Waals surface area contributed by atoms with Crippen molar-refractivity contribution in [3.8, 4) is 45.0 Å². The van der Waals surface area contributed by atoms with Gasteiger partial charge in [0, 0.05) is 44.6 Å². The second-order valence-electron chi connectivity index (χ2n) is 10.7. The number of aromatic amines is 4. The van der Waals surface area contributed by atoms with Gasteiger partial charge in [0.05, 0.1) is 69.8 Å². The third kappa shape index (κ3) is 11.0. The molecule has 0 radical (unpaired) electrons. The summed E-state index contributed by atoms with van der Waals surface area (Å²) >= 11 is 0. The van der Waals surface area contributed by atoms with Gasteiger partial charge in [-0.2, -0.15) is 20.4 Å². The molecule has 21 heteroatoms. The van der Waals surface area contributed by atoms with E-state index in [0.29, 0.717) is 45.0 Å². The fraction of sp³-hybridized carbons (Fsp3) is 0. The minimum atomic E-state index is -1.04. The van der Waals surface area contributed by atoms with Crippen molar-refractivity contribution in [3.63, 3.8) is 0 Å². The number of hydrogen-bond acceptors (Lipinski definition) is 12. The average Bonchev–Trinajstić information content (AvgIpc) is 4.07. The third-order valence-corrected chi connectivity index (χ3v) is 7.18. The van der Waals surface area contributed by atoms with Crippen molar-refractivity contribution < 1.29 is 59.4 Å². The molecule has 0 amide bonds. The summed E-state index contributed by atoms with van der Waals surface area (Å²) in [5, 5.41) is 59.6. The summed E-state index contributed by atoms with van der Waals surface area (Å²) in [4.78, 5) is 59.2. The van der Waals surface area contributed by atoms with E-state index in [4.69, 9.17) is 20.4 Å². The van der Waals surface area contributed by atoms with Gasteiger partial charge in [-0.1, -0.05) is 24.3 Å². The Bertz CT molecular complexity index is 2160. The van der Waals surface area contributed by atoms with Gasteiger partial charge in [0.25, 0.3) is 0 Å². The zero-order chi connectivity index (χ0) is 39.9. The number of aromatic nitrogens is 12. The van der Waals surface area contributed by atoms with Crippen molar-refractivity contribution in [3.05, 3.63) is 145 Å². The molecule has 0 saturated carbocycles. The molecule has 0 unspecified atom stereocenters. The average molecular weight is 947 g/mol. The van der Waals surface area contributed by atoms with Crippen LogP contribution in [0.3, 0.4) is 0 Å². The molecule has 288 valence electrons. The summed E-state index contributed by atoms with van der Waals surface area (Å²) < 4.78 is 0. The van der Waals surface area contributed by atoms with Crippen molar-refractivity contribution in [1.82, 2.24) is 60.7 Å². The zero-order valence-corrected chi connectivity index (χ0v) is 31.4. The fourth-order valence-corrected chi connectivity index (χ4v) is 4.66. The van der Waals surface area contributed by atoms with E-state index in [1.54, 1.807) is 97.6 Å². The first-order valence-corrected chi connectivity index (χ1v) is 15.9. The molecule has 8 aromatic heterocycles. The quantitative estimate of drug-likeness (QED) is 0.103. The first-order valence-electron chi connectivity index (χ1n) is 15.9. The summed E-state index contributed by atoms with van der Waals surface area (Å²) in [6.45, 7) is 0. The van der Waals surface area contributed by atoms with Crippen molar-refractivity contribution in [2.24, 2.45) is 0 Å². The maximum absolute atomic E-state index is 10.8. The number of carboxylic acids is 4. The molecule has 20 nitrogen and oxygen atoms in total. The van der Waals surface area contributed by atoms with Gasteiger partial charge in [-0.3, -0.25) is 40.3 Å². The van der Waals surface area contributed by atoms with Crippen LogP contribution >= 0.6 is 0 Å². The number of H-pyrrole nitrogens is 4. The number of pyridine rings is 4. The van der Waals surface area contributed by atoms with E-state index >= 15 is 0 Å². The number of nitrogens with one attached hydrogen (secondary N) is 4. The maximum atomic E-state index is 10.8. The molecule has 8 N–H and O–H groups in total. The van der Waals surface area contributed by atoms with Crippen LogP contribution in [0.4, 0.5) is 0 Å².